The summed E-state index contributed by atoms with van der Waals surface area (Å²) in [7, 11) is 0. The fourth-order valence-electron chi connectivity index (χ4n) is 2.44. The van der Waals surface area contributed by atoms with E-state index in [1.54, 1.807) is 12.1 Å². The minimum Gasteiger partial charge on any atom is -0.450 e. The van der Waals surface area contributed by atoms with Crippen molar-refractivity contribution in [2.75, 3.05) is 5.32 Å². The summed E-state index contributed by atoms with van der Waals surface area (Å²) < 4.78 is 10.9. The maximum Gasteiger partial charge on any atom is 0.331 e. The smallest absolute Gasteiger partial charge is 0.331 e. The van der Waals surface area contributed by atoms with Gasteiger partial charge < -0.3 is 14.5 Å². The number of rotatable bonds is 5. The van der Waals surface area contributed by atoms with Gasteiger partial charge in [0.1, 0.15) is 5.76 Å². The molecule has 6 heteroatoms. The third-order valence-electron chi connectivity index (χ3n) is 3.57. The Morgan fingerprint density at radius 1 is 1.20 bits per heavy atom. The van der Waals surface area contributed by atoms with Crippen LogP contribution in [0.4, 0.5) is 5.69 Å². The predicted octanol–water partition coefficient (Wildman–Crippen LogP) is 4.55. The number of nitrogens with one attached hydrogen (secondary N) is 1. The summed E-state index contributed by atoms with van der Waals surface area (Å²) >= 11 is 3.18. The Morgan fingerprint density at radius 3 is 2.40 bits per heavy atom. The van der Waals surface area contributed by atoms with Crippen molar-refractivity contribution in [2.24, 2.45) is 0 Å². The number of halogens is 1. The lowest BCUT2D eigenvalue weighted by Gasteiger charge is -2.16. The molecule has 0 fully saturated rings. The van der Waals surface area contributed by atoms with Gasteiger partial charge >= 0.3 is 5.97 Å². The van der Waals surface area contributed by atoms with Crippen LogP contribution in [-0.4, -0.2) is 18.0 Å². The summed E-state index contributed by atoms with van der Waals surface area (Å²) in [6.07, 6.45) is 1.78. The van der Waals surface area contributed by atoms with Crippen molar-refractivity contribution in [3.63, 3.8) is 0 Å². The van der Waals surface area contributed by atoms with Crippen molar-refractivity contribution < 1.29 is 18.7 Å². The SMILES string of the molecule is Cc1cc(C)c(NC(=O)[C@H](C)OC(=O)/C=C/c2ccc(Br)o2)c(C)c1. The fraction of sp³-hybridized carbons (Fsp3) is 0.263. The van der Waals surface area contributed by atoms with Crippen LogP contribution in [0.15, 0.2) is 39.4 Å². The van der Waals surface area contributed by atoms with Crippen LogP contribution in [0.5, 0.6) is 0 Å². The van der Waals surface area contributed by atoms with E-state index in [1.807, 2.05) is 32.9 Å². The van der Waals surface area contributed by atoms with Crippen LogP contribution in [0.2, 0.25) is 0 Å². The maximum absolute atomic E-state index is 12.3. The first-order valence-corrected chi connectivity index (χ1v) is 8.58. The lowest BCUT2D eigenvalue weighted by Crippen LogP contribution is -2.30. The number of anilines is 1. The molecule has 0 unspecified atom stereocenters. The van der Waals surface area contributed by atoms with Crippen molar-refractivity contribution in [1.29, 1.82) is 0 Å². The van der Waals surface area contributed by atoms with Crippen LogP contribution in [0.1, 0.15) is 29.4 Å². The van der Waals surface area contributed by atoms with E-state index < -0.39 is 12.1 Å². The number of furan rings is 1. The highest BCUT2D eigenvalue weighted by atomic mass is 79.9. The predicted molar refractivity (Wildman–Crippen MR) is 100 cm³/mol. The number of esters is 1. The van der Waals surface area contributed by atoms with Crippen molar-refractivity contribution in [1.82, 2.24) is 0 Å². The van der Waals surface area contributed by atoms with Crippen molar-refractivity contribution in [3.05, 3.63) is 57.5 Å². The van der Waals surface area contributed by atoms with E-state index in [0.29, 0.717) is 10.4 Å². The molecule has 0 bridgehead atoms. The minimum absolute atomic E-state index is 0.377. The van der Waals surface area contributed by atoms with Crippen LogP contribution in [0, 0.1) is 20.8 Å². The van der Waals surface area contributed by atoms with Gasteiger partial charge in [0.25, 0.3) is 5.91 Å². The quantitative estimate of drug-likeness (QED) is 0.584. The molecular formula is C19H20BrNO4. The first-order valence-electron chi connectivity index (χ1n) is 7.79. The monoisotopic (exact) mass is 405 g/mol. The van der Waals surface area contributed by atoms with E-state index in [1.165, 1.54) is 19.1 Å². The Balaban J connectivity index is 1.96. The first kappa shape index (κ1) is 19.0. The molecule has 0 saturated carbocycles. The Bertz CT molecular complexity index is 800. The molecule has 1 aromatic carbocycles. The first-order chi connectivity index (χ1) is 11.8. The third-order valence-corrected chi connectivity index (χ3v) is 3.99. The number of ether oxygens (including phenoxy) is 1. The van der Waals surface area contributed by atoms with Crippen molar-refractivity contribution >= 4 is 39.6 Å². The second-order valence-electron chi connectivity index (χ2n) is 5.82. The molecule has 0 aliphatic carbocycles. The molecule has 5 nitrogen and oxygen atoms in total. The molecule has 0 spiro atoms. The molecule has 0 aliphatic rings. The lowest BCUT2D eigenvalue weighted by molar-refractivity contribution is -0.148. The van der Waals surface area contributed by atoms with Gasteiger partial charge in [-0.1, -0.05) is 17.7 Å². The number of carbonyl (C=O) groups excluding carboxylic acids is 2. The molecule has 0 saturated heterocycles. The van der Waals surface area contributed by atoms with E-state index >= 15 is 0 Å². The molecule has 0 radical (unpaired) electrons. The number of carbonyl (C=O) groups is 2. The highest BCUT2D eigenvalue weighted by Gasteiger charge is 2.18. The Morgan fingerprint density at radius 2 is 1.84 bits per heavy atom. The molecule has 1 amide bonds. The molecule has 1 N–H and O–H groups in total. The number of hydrogen-bond donors (Lipinski definition) is 1. The van der Waals surface area contributed by atoms with Crippen LogP contribution in [0.25, 0.3) is 6.08 Å². The van der Waals surface area contributed by atoms with E-state index in [9.17, 15) is 9.59 Å². The summed E-state index contributed by atoms with van der Waals surface area (Å²) in [5.41, 5.74) is 3.80. The standard InChI is InChI=1S/C19H20BrNO4/c1-11-9-12(2)18(13(3)10-11)21-19(23)14(4)24-17(22)8-6-15-5-7-16(20)25-15/h5-10,14H,1-4H3,(H,21,23)/b8-6+/t14-/m0/s1. The largest absolute Gasteiger partial charge is 0.450 e. The summed E-state index contributed by atoms with van der Waals surface area (Å²) in [4.78, 5) is 24.1. The lowest BCUT2D eigenvalue weighted by atomic mass is 10.0. The van der Waals surface area contributed by atoms with E-state index in [4.69, 9.17) is 9.15 Å². The highest BCUT2D eigenvalue weighted by Crippen LogP contribution is 2.22. The molecule has 0 aliphatic heterocycles. The van der Waals surface area contributed by atoms with Crippen LogP contribution >= 0.6 is 15.9 Å². The maximum atomic E-state index is 12.3. The summed E-state index contributed by atoms with van der Waals surface area (Å²) in [5, 5.41) is 2.82. The summed E-state index contributed by atoms with van der Waals surface area (Å²) in [6, 6.07) is 7.40. The molecule has 25 heavy (non-hydrogen) atoms. The Labute approximate surface area is 155 Å². The zero-order valence-corrected chi connectivity index (χ0v) is 16.1. The molecular weight excluding hydrogens is 386 g/mol. The molecule has 1 atom stereocenters. The van der Waals surface area contributed by atoms with Gasteiger partial charge in [-0.25, -0.2) is 4.79 Å². The number of hydrogen-bond acceptors (Lipinski definition) is 4. The average Bonchev–Trinajstić information content (AvgIpc) is 2.94. The van der Waals surface area contributed by atoms with E-state index in [0.717, 1.165) is 22.4 Å². The average molecular weight is 406 g/mol. The van der Waals surface area contributed by atoms with Gasteiger partial charge in [-0.05, 0) is 73.0 Å². The summed E-state index contributed by atoms with van der Waals surface area (Å²) in [5.74, 6) is -0.489. The second kappa shape index (κ2) is 8.16. The number of aryl methyl sites for hydroxylation is 3. The van der Waals surface area contributed by atoms with Gasteiger partial charge in [-0.2, -0.15) is 0 Å². The molecule has 1 aromatic heterocycles. The number of amides is 1. The molecule has 1 heterocycles. The second-order valence-corrected chi connectivity index (χ2v) is 6.60. The van der Waals surface area contributed by atoms with E-state index in [2.05, 4.69) is 21.2 Å². The highest BCUT2D eigenvalue weighted by molar-refractivity contribution is 9.10. The van der Waals surface area contributed by atoms with Gasteiger partial charge in [-0.3, -0.25) is 4.79 Å². The fourth-order valence-corrected chi connectivity index (χ4v) is 2.76. The van der Waals surface area contributed by atoms with Gasteiger partial charge in [0, 0.05) is 11.8 Å². The molecule has 2 aromatic rings. The minimum atomic E-state index is -0.916. The van der Waals surface area contributed by atoms with Crippen LogP contribution in [-0.2, 0) is 14.3 Å². The summed E-state index contributed by atoms with van der Waals surface area (Å²) in [6.45, 7) is 7.39. The molecule has 2 rings (SSSR count). The van der Waals surface area contributed by atoms with Gasteiger partial charge in [0.05, 0.1) is 0 Å². The van der Waals surface area contributed by atoms with Gasteiger partial charge in [0.15, 0.2) is 10.8 Å². The van der Waals surface area contributed by atoms with Crippen molar-refractivity contribution in [3.8, 4) is 0 Å². The van der Waals surface area contributed by atoms with Crippen LogP contribution in [0.3, 0.4) is 0 Å². The van der Waals surface area contributed by atoms with Gasteiger partial charge in [0.2, 0.25) is 0 Å². The Kier molecular flexibility index (Phi) is 6.20. The zero-order valence-electron chi connectivity index (χ0n) is 14.6. The van der Waals surface area contributed by atoms with Crippen molar-refractivity contribution in [2.45, 2.75) is 33.8 Å². The van der Waals surface area contributed by atoms with Crippen LogP contribution < -0.4 is 5.32 Å². The third kappa shape index (κ3) is 5.32. The molecule has 132 valence electrons. The van der Waals surface area contributed by atoms with Gasteiger partial charge in [-0.15, -0.1) is 0 Å². The van der Waals surface area contributed by atoms with E-state index in [-0.39, 0.29) is 5.91 Å². The normalized spacial score (nSPS) is 12.2. The topological polar surface area (TPSA) is 68.5 Å². The Hall–Kier alpha value is -2.34. The zero-order chi connectivity index (χ0) is 18.6. The number of benzene rings is 1.